The van der Waals surface area contributed by atoms with E-state index in [1.807, 2.05) is 27.7 Å². The number of aliphatic hydroxyl groups is 1. The molecule has 2 aliphatic rings. The average Bonchev–Trinajstić information content (AvgIpc) is 3.44. The summed E-state index contributed by atoms with van der Waals surface area (Å²) in [5, 5.41) is 21.7. The van der Waals surface area contributed by atoms with Gasteiger partial charge >= 0.3 is 5.92 Å². The van der Waals surface area contributed by atoms with E-state index >= 15 is 8.78 Å². The van der Waals surface area contributed by atoms with Gasteiger partial charge in [0.1, 0.15) is 11.6 Å². The molecule has 196 valence electrons. The van der Waals surface area contributed by atoms with E-state index in [-0.39, 0.29) is 43.6 Å². The van der Waals surface area contributed by atoms with Gasteiger partial charge in [-0.15, -0.1) is 10.2 Å². The second-order valence-corrected chi connectivity index (χ2v) is 11.7. The van der Waals surface area contributed by atoms with E-state index in [0.29, 0.717) is 24.8 Å². The molecule has 4 rings (SSSR count). The zero-order valence-corrected chi connectivity index (χ0v) is 21.2. The number of alkyl halides is 2. The van der Waals surface area contributed by atoms with E-state index in [1.54, 1.807) is 30.3 Å². The standard InChI is InChI=1S/C26H34F2N4O4/c1-23(2)14-24(3,4)16-25(35,15-23)26(27,28)22(34)32-12-8-11-18(32)21-31-30-19(36-21)13-29-20(33)17-9-6-5-7-10-17/h5-7,9-10,18,35H,8,11-16H2,1-4H3,(H,29,33). The van der Waals surface area contributed by atoms with Crippen molar-refractivity contribution in [2.24, 2.45) is 10.8 Å². The quantitative estimate of drug-likeness (QED) is 0.608. The maximum atomic E-state index is 15.7. The topological polar surface area (TPSA) is 109 Å². The van der Waals surface area contributed by atoms with Crippen molar-refractivity contribution < 1.29 is 27.9 Å². The zero-order chi connectivity index (χ0) is 26.4. The lowest BCUT2D eigenvalue weighted by atomic mass is 9.58. The number of aromatic nitrogens is 2. The molecular weight excluding hydrogens is 470 g/mol. The molecule has 1 saturated heterocycles. The Bertz CT molecular complexity index is 1100. The number of rotatable bonds is 6. The van der Waals surface area contributed by atoms with Crippen molar-refractivity contribution >= 4 is 11.8 Å². The van der Waals surface area contributed by atoms with E-state index < -0.39 is 34.3 Å². The fourth-order valence-corrected chi connectivity index (χ4v) is 6.25. The lowest BCUT2D eigenvalue weighted by molar-refractivity contribution is -0.231. The van der Waals surface area contributed by atoms with Crippen LogP contribution in [-0.2, 0) is 11.3 Å². The van der Waals surface area contributed by atoms with Gasteiger partial charge in [0.2, 0.25) is 11.8 Å². The minimum absolute atomic E-state index is 0.0388. The predicted octanol–water partition coefficient (Wildman–Crippen LogP) is 4.27. The highest BCUT2D eigenvalue weighted by Crippen LogP contribution is 2.55. The van der Waals surface area contributed by atoms with Gasteiger partial charge in [-0.1, -0.05) is 45.9 Å². The van der Waals surface area contributed by atoms with Gasteiger partial charge in [0, 0.05) is 12.1 Å². The molecule has 2 N–H and O–H groups in total. The highest BCUT2D eigenvalue weighted by molar-refractivity contribution is 5.94. The number of nitrogens with zero attached hydrogens (tertiary/aromatic N) is 3. The molecule has 1 aromatic heterocycles. The molecule has 8 nitrogen and oxygen atoms in total. The molecule has 0 spiro atoms. The fraction of sp³-hybridized carbons (Fsp3) is 0.615. The molecule has 1 atom stereocenters. The van der Waals surface area contributed by atoms with Crippen molar-refractivity contribution in [3.05, 3.63) is 47.7 Å². The van der Waals surface area contributed by atoms with Gasteiger partial charge in [-0.25, -0.2) is 0 Å². The highest BCUT2D eigenvalue weighted by Gasteiger charge is 2.65. The Balaban J connectivity index is 1.48. The second kappa shape index (κ2) is 9.21. The van der Waals surface area contributed by atoms with Crippen LogP contribution in [0.4, 0.5) is 8.78 Å². The molecule has 1 aromatic carbocycles. The summed E-state index contributed by atoms with van der Waals surface area (Å²) in [7, 11) is 0. The van der Waals surface area contributed by atoms with Crippen molar-refractivity contribution in [1.29, 1.82) is 0 Å². The Morgan fingerprint density at radius 2 is 1.75 bits per heavy atom. The first kappa shape index (κ1) is 26.2. The molecule has 2 amide bonds. The maximum absolute atomic E-state index is 15.7. The number of benzene rings is 1. The van der Waals surface area contributed by atoms with Gasteiger partial charge < -0.3 is 19.7 Å². The number of likely N-dealkylation sites (tertiary alicyclic amines) is 1. The van der Waals surface area contributed by atoms with Crippen LogP contribution in [0.25, 0.3) is 0 Å². The summed E-state index contributed by atoms with van der Waals surface area (Å²) in [5.41, 5.74) is -3.07. The Morgan fingerprint density at radius 3 is 2.39 bits per heavy atom. The van der Waals surface area contributed by atoms with Gasteiger partial charge in [-0.05, 0) is 55.1 Å². The molecule has 1 aliphatic heterocycles. The number of hydrogen-bond acceptors (Lipinski definition) is 6. The average molecular weight is 505 g/mol. The van der Waals surface area contributed by atoms with Crippen LogP contribution in [0.15, 0.2) is 34.7 Å². The number of halogens is 2. The number of carbonyl (C=O) groups excluding carboxylic acids is 2. The van der Waals surface area contributed by atoms with Gasteiger partial charge in [-0.2, -0.15) is 8.78 Å². The minimum atomic E-state index is -3.98. The van der Waals surface area contributed by atoms with Crippen LogP contribution in [0.1, 0.15) is 88.0 Å². The SMILES string of the molecule is CC1(C)CC(C)(C)CC(O)(C(F)(F)C(=O)N2CCCC2c2nnc(CNC(=O)c3ccccc3)o2)C1. The molecular formula is C26H34F2N4O4. The van der Waals surface area contributed by atoms with Crippen molar-refractivity contribution in [3.63, 3.8) is 0 Å². The summed E-state index contributed by atoms with van der Waals surface area (Å²) >= 11 is 0. The van der Waals surface area contributed by atoms with Crippen molar-refractivity contribution in [1.82, 2.24) is 20.4 Å². The first-order chi connectivity index (χ1) is 16.7. The van der Waals surface area contributed by atoms with Crippen LogP contribution in [0.5, 0.6) is 0 Å². The second-order valence-electron chi connectivity index (χ2n) is 11.7. The van der Waals surface area contributed by atoms with E-state index in [1.165, 1.54) is 0 Å². The third-order valence-corrected chi connectivity index (χ3v) is 7.07. The number of nitrogens with one attached hydrogen (secondary N) is 1. The lowest BCUT2D eigenvalue weighted by Crippen LogP contribution is -2.62. The van der Waals surface area contributed by atoms with E-state index in [4.69, 9.17) is 4.42 Å². The molecule has 2 aromatic rings. The maximum Gasteiger partial charge on any atom is 0.352 e. The molecule has 0 bridgehead atoms. The normalized spacial score (nSPS) is 22.9. The summed E-state index contributed by atoms with van der Waals surface area (Å²) in [5.74, 6) is -5.57. The van der Waals surface area contributed by atoms with Crippen molar-refractivity contribution in [2.75, 3.05) is 6.54 Å². The molecule has 1 saturated carbocycles. The third kappa shape index (κ3) is 5.14. The van der Waals surface area contributed by atoms with Gasteiger partial charge in [0.25, 0.3) is 11.8 Å². The van der Waals surface area contributed by atoms with Crippen LogP contribution < -0.4 is 5.32 Å². The van der Waals surface area contributed by atoms with Crippen molar-refractivity contribution in [2.45, 2.75) is 83.9 Å². The largest absolute Gasteiger partial charge is 0.421 e. The Kier molecular flexibility index (Phi) is 6.70. The third-order valence-electron chi connectivity index (χ3n) is 7.07. The zero-order valence-electron chi connectivity index (χ0n) is 21.2. The molecule has 2 heterocycles. The van der Waals surface area contributed by atoms with Gasteiger partial charge in [-0.3, -0.25) is 9.59 Å². The van der Waals surface area contributed by atoms with Crippen LogP contribution >= 0.6 is 0 Å². The molecule has 1 aliphatic carbocycles. The predicted molar refractivity (Wildman–Crippen MR) is 127 cm³/mol. The van der Waals surface area contributed by atoms with E-state index in [2.05, 4.69) is 15.5 Å². The van der Waals surface area contributed by atoms with Crippen LogP contribution in [0.2, 0.25) is 0 Å². The molecule has 10 heteroatoms. The number of carbonyl (C=O) groups is 2. The monoisotopic (exact) mass is 504 g/mol. The van der Waals surface area contributed by atoms with Crippen LogP contribution in [-0.4, -0.2) is 50.1 Å². The first-order valence-electron chi connectivity index (χ1n) is 12.3. The molecule has 1 unspecified atom stereocenters. The number of amides is 2. The summed E-state index contributed by atoms with van der Waals surface area (Å²) < 4.78 is 37.1. The first-order valence-corrected chi connectivity index (χ1v) is 12.3. The fourth-order valence-electron chi connectivity index (χ4n) is 6.25. The number of hydrogen-bond donors (Lipinski definition) is 2. The molecule has 2 fully saturated rings. The van der Waals surface area contributed by atoms with Gasteiger partial charge in [0.05, 0.1) is 6.54 Å². The van der Waals surface area contributed by atoms with E-state index in [0.717, 1.165) is 4.90 Å². The lowest BCUT2D eigenvalue weighted by Gasteiger charge is -2.51. The minimum Gasteiger partial charge on any atom is -0.421 e. The Morgan fingerprint density at radius 1 is 1.11 bits per heavy atom. The Labute approximate surface area is 209 Å². The highest BCUT2D eigenvalue weighted by atomic mass is 19.3. The summed E-state index contributed by atoms with van der Waals surface area (Å²) in [6, 6.07) is 7.80. The van der Waals surface area contributed by atoms with E-state index in [9.17, 15) is 14.7 Å². The molecule has 36 heavy (non-hydrogen) atoms. The van der Waals surface area contributed by atoms with Gasteiger partial charge in [0.15, 0.2) is 0 Å². The van der Waals surface area contributed by atoms with Crippen LogP contribution in [0, 0.1) is 10.8 Å². The van der Waals surface area contributed by atoms with Crippen LogP contribution in [0.3, 0.4) is 0 Å². The summed E-state index contributed by atoms with van der Waals surface area (Å²) in [6.45, 7) is 7.43. The summed E-state index contributed by atoms with van der Waals surface area (Å²) in [4.78, 5) is 26.5. The summed E-state index contributed by atoms with van der Waals surface area (Å²) in [6.07, 6.45) is 1.20. The molecule has 0 radical (unpaired) electrons. The smallest absolute Gasteiger partial charge is 0.352 e. The Hall–Kier alpha value is -2.88. The van der Waals surface area contributed by atoms with Crippen molar-refractivity contribution in [3.8, 4) is 0 Å².